The highest BCUT2D eigenvalue weighted by molar-refractivity contribution is 5.98. The zero-order chi connectivity index (χ0) is 13.6. The smallest absolute Gasteiger partial charge is 0.0770 e. The lowest BCUT2D eigenvalue weighted by atomic mass is 9.76. The van der Waals surface area contributed by atoms with Gasteiger partial charge < -0.3 is 10.6 Å². The van der Waals surface area contributed by atoms with E-state index < -0.39 is 0 Å². The Labute approximate surface area is 119 Å². The highest BCUT2D eigenvalue weighted by atomic mass is 15.1. The molecule has 1 aliphatic heterocycles. The Morgan fingerprint density at radius 3 is 2.85 bits per heavy atom. The van der Waals surface area contributed by atoms with Gasteiger partial charge in [0.2, 0.25) is 0 Å². The van der Waals surface area contributed by atoms with Crippen LogP contribution >= 0.6 is 0 Å². The van der Waals surface area contributed by atoms with Crippen LogP contribution in [0.3, 0.4) is 0 Å². The number of anilines is 2. The lowest BCUT2D eigenvalue weighted by molar-refractivity contribution is 0.274. The Balaban J connectivity index is 1.76. The highest BCUT2D eigenvalue weighted by Crippen LogP contribution is 2.42. The Kier molecular flexibility index (Phi) is 2.62. The third kappa shape index (κ3) is 1.84. The molecule has 0 unspecified atom stereocenters. The van der Waals surface area contributed by atoms with E-state index >= 15 is 0 Å². The fraction of sp³-hybridized carbons (Fsp3) is 0.471. The fourth-order valence-electron chi connectivity index (χ4n) is 3.60. The molecule has 20 heavy (non-hydrogen) atoms. The minimum Gasteiger partial charge on any atom is -0.380 e. The summed E-state index contributed by atoms with van der Waals surface area (Å²) in [6.45, 7) is 3.39. The summed E-state index contributed by atoms with van der Waals surface area (Å²) < 4.78 is 0. The van der Waals surface area contributed by atoms with Crippen LogP contribution in [0.25, 0.3) is 10.9 Å². The first kappa shape index (κ1) is 12.0. The van der Waals surface area contributed by atoms with Crippen LogP contribution in [0.2, 0.25) is 0 Å². The van der Waals surface area contributed by atoms with Gasteiger partial charge in [-0.2, -0.15) is 0 Å². The highest BCUT2D eigenvalue weighted by Gasteiger charge is 2.37. The number of benzene rings is 1. The van der Waals surface area contributed by atoms with Gasteiger partial charge in [-0.1, -0.05) is 25.1 Å². The molecule has 1 aromatic carbocycles. The van der Waals surface area contributed by atoms with Crippen molar-refractivity contribution in [2.75, 3.05) is 17.2 Å². The van der Waals surface area contributed by atoms with Crippen molar-refractivity contribution >= 4 is 22.3 Å². The molecule has 0 bridgehead atoms. The standard InChI is InChI=1S/C17H21N3/c1-12-6-8-17(9-7-12)11-19-15-10-18-14-5-3-2-4-13(14)16(15)20-17/h2-5,10,12,19-20H,6-9,11H2,1H3. The lowest BCUT2D eigenvalue weighted by Gasteiger charge is -2.44. The number of aromatic nitrogens is 1. The van der Waals surface area contributed by atoms with Crippen LogP contribution in [0.5, 0.6) is 0 Å². The lowest BCUT2D eigenvalue weighted by Crippen LogP contribution is -2.50. The first-order chi connectivity index (χ1) is 9.76. The SMILES string of the molecule is CC1CCC2(CC1)CNc1cnc3ccccc3c1N2. The van der Waals surface area contributed by atoms with Crippen molar-refractivity contribution in [3.63, 3.8) is 0 Å². The van der Waals surface area contributed by atoms with E-state index in [0.717, 1.165) is 23.7 Å². The molecule has 0 radical (unpaired) electrons. The van der Waals surface area contributed by atoms with Gasteiger partial charge in [0, 0.05) is 11.9 Å². The molecule has 2 aromatic rings. The van der Waals surface area contributed by atoms with Crippen molar-refractivity contribution < 1.29 is 0 Å². The van der Waals surface area contributed by atoms with Crippen molar-refractivity contribution in [3.05, 3.63) is 30.5 Å². The summed E-state index contributed by atoms with van der Waals surface area (Å²) in [5, 5.41) is 8.71. The summed E-state index contributed by atoms with van der Waals surface area (Å²) in [6.07, 6.45) is 7.14. The van der Waals surface area contributed by atoms with Gasteiger partial charge in [0.1, 0.15) is 0 Å². The van der Waals surface area contributed by atoms with Gasteiger partial charge in [0.15, 0.2) is 0 Å². The molecule has 1 aromatic heterocycles. The van der Waals surface area contributed by atoms with Crippen LogP contribution in [-0.4, -0.2) is 17.1 Å². The van der Waals surface area contributed by atoms with E-state index in [-0.39, 0.29) is 5.54 Å². The molecule has 4 rings (SSSR count). The molecule has 0 amide bonds. The zero-order valence-corrected chi connectivity index (χ0v) is 11.9. The van der Waals surface area contributed by atoms with E-state index in [0.29, 0.717) is 0 Å². The number of nitrogens with zero attached hydrogens (tertiary/aromatic N) is 1. The second kappa shape index (κ2) is 4.37. The summed E-state index contributed by atoms with van der Waals surface area (Å²) >= 11 is 0. The maximum atomic E-state index is 4.54. The Morgan fingerprint density at radius 2 is 2.00 bits per heavy atom. The quantitative estimate of drug-likeness (QED) is 0.757. The van der Waals surface area contributed by atoms with Crippen LogP contribution in [0.4, 0.5) is 11.4 Å². The van der Waals surface area contributed by atoms with E-state index in [1.807, 2.05) is 6.20 Å². The molecule has 0 atom stereocenters. The Hall–Kier alpha value is -1.77. The second-order valence-electron chi connectivity index (χ2n) is 6.51. The number of pyridine rings is 1. The van der Waals surface area contributed by atoms with E-state index in [4.69, 9.17) is 0 Å². The minimum atomic E-state index is 0.240. The van der Waals surface area contributed by atoms with Crippen molar-refractivity contribution in [2.45, 2.75) is 38.1 Å². The molecule has 1 fully saturated rings. The van der Waals surface area contributed by atoms with Crippen molar-refractivity contribution in [2.24, 2.45) is 5.92 Å². The topological polar surface area (TPSA) is 37.0 Å². The molecule has 1 saturated carbocycles. The number of para-hydroxylation sites is 1. The number of hydrogen-bond acceptors (Lipinski definition) is 3. The summed E-state index contributed by atoms with van der Waals surface area (Å²) in [7, 11) is 0. The maximum absolute atomic E-state index is 4.54. The molecule has 1 spiro atoms. The third-order valence-electron chi connectivity index (χ3n) is 5.01. The molecule has 0 saturated heterocycles. The van der Waals surface area contributed by atoms with Crippen LogP contribution in [0.1, 0.15) is 32.6 Å². The molecule has 104 valence electrons. The second-order valence-corrected chi connectivity index (χ2v) is 6.51. The Morgan fingerprint density at radius 1 is 1.20 bits per heavy atom. The predicted molar refractivity (Wildman–Crippen MR) is 84.2 cm³/mol. The van der Waals surface area contributed by atoms with Gasteiger partial charge in [-0.3, -0.25) is 4.98 Å². The summed E-state index contributed by atoms with van der Waals surface area (Å²) in [6, 6.07) is 8.40. The van der Waals surface area contributed by atoms with Gasteiger partial charge >= 0.3 is 0 Å². The summed E-state index contributed by atoms with van der Waals surface area (Å²) in [5.74, 6) is 0.873. The average molecular weight is 267 g/mol. The van der Waals surface area contributed by atoms with E-state index in [2.05, 4.69) is 46.8 Å². The van der Waals surface area contributed by atoms with E-state index in [9.17, 15) is 0 Å². The van der Waals surface area contributed by atoms with E-state index in [1.54, 1.807) is 0 Å². The zero-order valence-electron chi connectivity index (χ0n) is 11.9. The van der Waals surface area contributed by atoms with Crippen LogP contribution in [-0.2, 0) is 0 Å². The van der Waals surface area contributed by atoms with Crippen LogP contribution in [0, 0.1) is 5.92 Å². The summed E-state index contributed by atoms with van der Waals surface area (Å²) in [5.41, 5.74) is 3.70. The van der Waals surface area contributed by atoms with Gasteiger partial charge in [-0.25, -0.2) is 0 Å². The van der Waals surface area contributed by atoms with E-state index in [1.165, 1.54) is 36.8 Å². The normalized spacial score (nSPS) is 28.8. The monoisotopic (exact) mass is 267 g/mol. The fourth-order valence-corrected chi connectivity index (χ4v) is 3.60. The van der Waals surface area contributed by atoms with Crippen molar-refractivity contribution in [3.8, 4) is 0 Å². The molecule has 1 aliphatic carbocycles. The summed E-state index contributed by atoms with van der Waals surface area (Å²) in [4.78, 5) is 4.54. The van der Waals surface area contributed by atoms with Gasteiger partial charge in [-0.05, 0) is 37.7 Å². The number of rotatable bonds is 0. The number of fused-ring (bicyclic) bond motifs is 3. The first-order valence-electron chi connectivity index (χ1n) is 7.66. The predicted octanol–water partition coefficient (Wildman–Crippen LogP) is 4.02. The molecular formula is C17H21N3. The van der Waals surface area contributed by atoms with Gasteiger partial charge in [-0.15, -0.1) is 0 Å². The minimum absolute atomic E-state index is 0.240. The van der Waals surface area contributed by atoms with Crippen molar-refractivity contribution in [1.29, 1.82) is 0 Å². The first-order valence-corrected chi connectivity index (χ1v) is 7.66. The molecule has 2 N–H and O–H groups in total. The van der Waals surface area contributed by atoms with Crippen LogP contribution in [0.15, 0.2) is 30.5 Å². The van der Waals surface area contributed by atoms with Gasteiger partial charge in [0.05, 0.1) is 28.6 Å². The molecule has 3 heteroatoms. The average Bonchev–Trinajstić information content (AvgIpc) is 2.50. The van der Waals surface area contributed by atoms with Crippen LogP contribution < -0.4 is 10.6 Å². The maximum Gasteiger partial charge on any atom is 0.0770 e. The molecule has 2 aliphatic rings. The van der Waals surface area contributed by atoms with Gasteiger partial charge in [0.25, 0.3) is 0 Å². The third-order valence-corrected chi connectivity index (χ3v) is 5.01. The number of nitrogens with one attached hydrogen (secondary N) is 2. The molecule has 3 nitrogen and oxygen atoms in total. The molecule has 2 heterocycles. The van der Waals surface area contributed by atoms with Crippen molar-refractivity contribution in [1.82, 2.24) is 4.98 Å². The molecular weight excluding hydrogens is 246 g/mol. The number of hydrogen-bond donors (Lipinski definition) is 2. The largest absolute Gasteiger partial charge is 0.380 e. The Bertz CT molecular complexity index is 642.